The number of rotatable bonds is 11. The molecule has 0 aromatic heterocycles. The zero-order valence-corrected chi connectivity index (χ0v) is 16.8. The summed E-state index contributed by atoms with van der Waals surface area (Å²) in [5, 5.41) is 28.1. The number of aliphatic hydroxyl groups excluding tert-OH is 2. The maximum Gasteiger partial charge on any atom is 0.336 e. The molecule has 0 atom stereocenters. The number of unbranched alkanes of at least 4 members (excludes halogenated alkanes) is 4. The van der Waals surface area contributed by atoms with Gasteiger partial charge in [-0.1, -0.05) is 56.0 Å². The number of hydrogen-bond donors (Lipinski definition) is 3. The summed E-state index contributed by atoms with van der Waals surface area (Å²) in [6.45, 7) is 0.247. The van der Waals surface area contributed by atoms with Gasteiger partial charge in [0.2, 0.25) is 0 Å². The third kappa shape index (κ3) is 4.36. The molecule has 1 aromatic carbocycles. The van der Waals surface area contributed by atoms with Crippen molar-refractivity contribution in [2.45, 2.75) is 57.8 Å². The van der Waals surface area contributed by atoms with Gasteiger partial charge in [0.25, 0.3) is 0 Å². The maximum atomic E-state index is 13.7. The molecule has 0 aliphatic heterocycles. The van der Waals surface area contributed by atoms with Crippen molar-refractivity contribution in [3.8, 4) is 0 Å². The highest BCUT2D eigenvalue weighted by molar-refractivity contribution is 6.20. The zero-order valence-electron chi connectivity index (χ0n) is 16.8. The Morgan fingerprint density at radius 1 is 0.931 bits per heavy atom. The Balaban J connectivity index is 1.96. The van der Waals surface area contributed by atoms with Gasteiger partial charge in [0.15, 0.2) is 5.78 Å². The molecule has 0 spiro atoms. The molecule has 156 valence electrons. The van der Waals surface area contributed by atoms with Crippen molar-refractivity contribution in [3.05, 3.63) is 52.6 Å². The molecule has 5 heteroatoms. The number of carbonyl (C=O) groups is 2. The highest BCUT2D eigenvalue weighted by Gasteiger charge is 2.45. The highest BCUT2D eigenvalue weighted by Crippen LogP contribution is 2.49. The third-order valence-corrected chi connectivity index (χ3v) is 6.16. The number of carbonyl (C=O) groups excluding carboxylic acids is 1. The average Bonchev–Trinajstić information content (AvgIpc) is 3.11. The van der Waals surface area contributed by atoms with Gasteiger partial charge in [-0.05, 0) is 36.8 Å². The van der Waals surface area contributed by atoms with Crippen LogP contribution in [0, 0.1) is 5.41 Å². The van der Waals surface area contributed by atoms with Gasteiger partial charge in [0.05, 0.1) is 11.0 Å². The number of ketones is 1. The molecular weight excluding hydrogens is 368 g/mol. The molecule has 0 bridgehead atoms. The van der Waals surface area contributed by atoms with Crippen LogP contribution in [0.4, 0.5) is 0 Å². The summed E-state index contributed by atoms with van der Waals surface area (Å²) in [5.74, 6) is -0.932. The molecule has 3 N–H and O–H groups in total. The quantitative estimate of drug-likeness (QED) is 0.494. The molecule has 0 saturated carbocycles. The molecule has 0 unspecified atom stereocenters. The SMILES string of the molecule is O=C(O)C1=CC(CCCCCO)(CCCCCO)C(=O)C2=C1c1ccccc1C2. The minimum atomic E-state index is -0.989. The fraction of sp³-hybridized carbons (Fsp3) is 0.500. The van der Waals surface area contributed by atoms with E-state index in [0.29, 0.717) is 43.3 Å². The van der Waals surface area contributed by atoms with Crippen LogP contribution in [0.25, 0.3) is 5.57 Å². The second-order valence-corrected chi connectivity index (χ2v) is 8.10. The molecule has 3 rings (SSSR count). The third-order valence-electron chi connectivity index (χ3n) is 6.16. The minimum Gasteiger partial charge on any atom is -0.478 e. The number of fused-ring (bicyclic) bond motifs is 2. The van der Waals surface area contributed by atoms with E-state index in [4.69, 9.17) is 10.2 Å². The monoisotopic (exact) mass is 398 g/mol. The summed E-state index contributed by atoms with van der Waals surface area (Å²) in [6, 6.07) is 7.66. The first-order valence-corrected chi connectivity index (χ1v) is 10.6. The van der Waals surface area contributed by atoms with Gasteiger partial charge in [0, 0.05) is 30.8 Å². The summed E-state index contributed by atoms with van der Waals surface area (Å²) >= 11 is 0. The lowest BCUT2D eigenvalue weighted by atomic mass is 9.67. The Hall–Kier alpha value is -2.24. The smallest absolute Gasteiger partial charge is 0.336 e. The number of Topliss-reactive ketones (excluding diaryl/α,β-unsaturated/α-hetero) is 1. The molecule has 0 heterocycles. The molecule has 1 aromatic rings. The largest absolute Gasteiger partial charge is 0.478 e. The molecule has 2 aliphatic carbocycles. The molecule has 29 heavy (non-hydrogen) atoms. The van der Waals surface area contributed by atoms with Crippen LogP contribution >= 0.6 is 0 Å². The minimum absolute atomic E-state index is 0.0571. The van der Waals surface area contributed by atoms with E-state index in [1.54, 1.807) is 6.08 Å². The Morgan fingerprint density at radius 2 is 1.55 bits per heavy atom. The van der Waals surface area contributed by atoms with E-state index in [0.717, 1.165) is 36.8 Å². The molecule has 5 nitrogen and oxygen atoms in total. The lowest BCUT2D eigenvalue weighted by molar-refractivity contribution is -0.132. The van der Waals surface area contributed by atoms with Crippen LogP contribution in [0.3, 0.4) is 0 Å². The van der Waals surface area contributed by atoms with Gasteiger partial charge in [-0.3, -0.25) is 4.79 Å². The Bertz CT molecular complexity index is 821. The predicted molar refractivity (Wildman–Crippen MR) is 111 cm³/mol. The lowest BCUT2D eigenvalue weighted by Gasteiger charge is -2.34. The Kier molecular flexibility index (Phi) is 7.04. The Labute approximate surface area is 171 Å². The van der Waals surface area contributed by atoms with Crippen LogP contribution in [-0.4, -0.2) is 40.3 Å². The first-order valence-electron chi connectivity index (χ1n) is 10.6. The van der Waals surface area contributed by atoms with Crippen molar-refractivity contribution in [2.24, 2.45) is 5.41 Å². The summed E-state index contributed by atoms with van der Waals surface area (Å²) in [5.41, 5.74) is 2.54. The number of allylic oxidation sites excluding steroid dienone is 2. The van der Waals surface area contributed by atoms with Crippen LogP contribution in [0.1, 0.15) is 62.5 Å². The van der Waals surface area contributed by atoms with Crippen LogP contribution in [0.15, 0.2) is 41.5 Å². The normalized spacial score (nSPS) is 17.2. The van der Waals surface area contributed by atoms with Crippen molar-refractivity contribution in [1.82, 2.24) is 0 Å². The fourth-order valence-electron chi connectivity index (χ4n) is 4.70. The van der Waals surface area contributed by atoms with Gasteiger partial charge >= 0.3 is 5.97 Å². The van der Waals surface area contributed by atoms with E-state index in [1.807, 2.05) is 24.3 Å². The van der Waals surface area contributed by atoms with E-state index in [1.165, 1.54) is 0 Å². The Morgan fingerprint density at radius 3 is 2.14 bits per heavy atom. The summed E-state index contributed by atoms with van der Waals surface area (Å²) in [7, 11) is 0. The van der Waals surface area contributed by atoms with E-state index in [2.05, 4.69) is 0 Å². The van der Waals surface area contributed by atoms with Gasteiger partial charge in [-0.25, -0.2) is 4.79 Å². The van der Waals surface area contributed by atoms with Crippen molar-refractivity contribution in [3.63, 3.8) is 0 Å². The molecule has 0 radical (unpaired) electrons. The van der Waals surface area contributed by atoms with Crippen LogP contribution in [0.2, 0.25) is 0 Å². The average molecular weight is 398 g/mol. The summed E-state index contributed by atoms with van der Waals surface area (Å²) < 4.78 is 0. The summed E-state index contributed by atoms with van der Waals surface area (Å²) in [4.78, 5) is 25.9. The lowest BCUT2D eigenvalue weighted by Crippen LogP contribution is -2.35. The van der Waals surface area contributed by atoms with Crippen LogP contribution in [-0.2, 0) is 16.0 Å². The highest BCUT2D eigenvalue weighted by atomic mass is 16.4. The second kappa shape index (κ2) is 9.51. The van der Waals surface area contributed by atoms with E-state index < -0.39 is 11.4 Å². The molecule has 2 aliphatic rings. The van der Waals surface area contributed by atoms with Crippen molar-refractivity contribution < 1.29 is 24.9 Å². The molecule has 0 saturated heterocycles. The molecular formula is C24H30O5. The number of carboxylic acids is 1. The van der Waals surface area contributed by atoms with Gasteiger partial charge in [-0.2, -0.15) is 0 Å². The van der Waals surface area contributed by atoms with Gasteiger partial charge < -0.3 is 15.3 Å². The molecule has 0 amide bonds. The van der Waals surface area contributed by atoms with Crippen molar-refractivity contribution in [2.75, 3.05) is 13.2 Å². The van der Waals surface area contributed by atoms with Gasteiger partial charge in [-0.15, -0.1) is 0 Å². The van der Waals surface area contributed by atoms with Crippen LogP contribution < -0.4 is 0 Å². The first kappa shape index (κ1) is 21.5. The fourth-order valence-corrected chi connectivity index (χ4v) is 4.70. The number of carboxylic acid groups (broad SMARTS) is 1. The van der Waals surface area contributed by atoms with E-state index in [9.17, 15) is 14.7 Å². The predicted octanol–water partition coefficient (Wildman–Crippen LogP) is 3.68. The summed E-state index contributed by atoms with van der Waals surface area (Å²) in [6.07, 6.45) is 7.92. The zero-order chi connectivity index (χ0) is 20.9. The standard InChI is InChI=1S/C24H30O5/c25-13-7-1-5-11-24(12-6-2-8-14-26)16-20(23(28)29)21-18-10-4-3-9-17(18)15-19(21)22(24)27/h3-4,9-10,16,25-26H,1-2,5-8,11-15H2,(H,28,29). The molecule has 0 fully saturated rings. The van der Waals surface area contributed by atoms with Gasteiger partial charge in [0.1, 0.15) is 0 Å². The second-order valence-electron chi connectivity index (χ2n) is 8.10. The van der Waals surface area contributed by atoms with Crippen LogP contribution in [0.5, 0.6) is 0 Å². The number of aliphatic carboxylic acids is 1. The van der Waals surface area contributed by atoms with Crippen molar-refractivity contribution >= 4 is 17.3 Å². The van der Waals surface area contributed by atoms with E-state index >= 15 is 0 Å². The first-order chi connectivity index (χ1) is 14.0. The van der Waals surface area contributed by atoms with Crippen molar-refractivity contribution in [1.29, 1.82) is 0 Å². The topological polar surface area (TPSA) is 94.8 Å². The number of aliphatic hydroxyl groups is 2. The maximum absolute atomic E-state index is 13.7. The number of hydrogen-bond acceptors (Lipinski definition) is 4. The van der Waals surface area contributed by atoms with E-state index in [-0.39, 0.29) is 24.6 Å². The number of benzene rings is 1.